The highest BCUT2D eigenvalue weighted by Gasteiger charge is 2.26. The van der Waals surface area contributed by atoms with Crippen molar-refractivity contribution in [3.05, 3.63) is 62.7 Å². The van der Waals surface area contributed by atoms with Crippen molar-refractivity contribution in [2.45, 2.75) is 31.1 Å². The van der Waals surface area contributed by atoms with E-state index in [-0.39, 0.29) is 21.2 Å². The standard InChI is InChI=1S/C19H20ClN3O5S/c1-13-5-7-15(29(27,28)22-9-3-2-4-10-22)12-18(13)21-19(24)16-11-14(23(25)26)6-8-17(16)20/h5-8,11-12H,2-4,9-10H2,1H3,(H,21,24). The number of hydrogen-bond donors (Lipinski definition) is 1. The molecular weight excluding hydrogens is 418 g/mol. The van der Waals surface area contributed by atoms with Gasteiger partial charge in [0.1, 0.15) is 0 Å². The number of anilines is 1. The van der Waals surface area contributed by atoms with Crippen LogP contribution in [0.5, 0.6) is 0 Å². The molecule has 0 spiro atoms. The Morgan fingerprint density at radius 1 is 1.14 bits per heavy atom. The van der Waals surface area contributed by atoms with Crippen LogP contribution in [0.4, 0.5) is 11.4 Å². The Hall–Kier alpha value is -2.49. The molecule has 1 aliphatic rings. The summed E-state index contributed by atoms with van der Waals surface area (Å²) in [4.78, 5) is 23.1. The zero-order chi connectivity index (χ0) is 21.2. The second-order valence-electron chi connectivity index (χ2n) is 6.82. The number of sulfonamides is 1. The lowest BCUT2D eigenvalue weighted by atomic mass is 10.1. The first kappa shape index (κ1) is 21.2. The number of amides is 1. The maximum Gasteiger partial charge on any atom is 0.270 e. The summed E-state index contributed by atoms with van der Waals surface area (Å²) in [6, 6.07) is 8.09. The predicted octanol–water partition coefficient (Wildman–Crippen LogP) is 3.98. The Morgan fingerprint density at radius 3 is 2.48 bits per heavy atom. The first-order chi connectivity index (χ1) is 13.7. The minimum Gasteiger partial charge on any atom is -0.322 e. The zero-order valence-corrected chi connectivity index (χ0v) is 17.3. The van der Waals surface area contributed by atoms with Crippen molar-refractivity contribution in [2.24, 2.45) is 0 Å². The molecule has 2 aromatic carbocycles. The van der Waals surface area contributed by atoms with Crippen LogP contribution in [-0.4, -0.2) is 36.6 Å². The molecule has 10 heteroatoms. The van der Waals surface area contributed by atoms with Crippen LogP contribution < -0.4 is 5.32 Å². The smallest absolute Gasteiger partial charge is 0.270 e. The van der Waals surface area contributed by atoms with E-state index in [4.69, 9.17) is 11.6 Å². The fourth-order valence-corrected chi connectivity index (χ4v) is 4.89. The highest BCUT2D eigenvalue weighted by Crippen LogP contribution is 2.27. The summed E-state index contributed by atoms with van der Waals surface area (Å²) in [6.07, 6.45) is 2.64. The number of nitro groups is 1. The lowest BCUT2D eigenvalue weighted by Gasteiger charge is -2.26. The summed E-state index contributed by atoms with van der Waals surface area (Å²) in [7, 11) is -3.66. The number of aryl methyl sites for hydroxylation is 1. The second-order valence-corrected chi connectivity index (χ2v) is 9.16. The van der Waals surface area contributed by atoms with Gasteiger partial charge in [-0.25, -0.2) is 8.42 Å². The van der Waals surface area contributed by atoms with E-state index in [0.717, 1.165) is 25.3 Å². The van der Waals surface area contributed by atoms with Crippen LogP contribution in [0.15, 0.2) is 41.3 Å². The minimum absolute atomic E-state index is 0.0582. The van der Waals surface area contributed by atoms with E-state index >= 15 is 0 Å². The maximum atomic E-state index is 12.9. The second kappa shape index (κ2) is 8.48. The van der Waals surface area contributed by atoms with E-state index in [1.165, 1.54) is 28.6 Å². The van der Waals surface area contributed by atoms with E-state index < -0.39 is 20.9 Å². The molecule has 1 amide bonds. The molecule has 2 aromatic rings. The average molecular weight is 438 g/mol. The third kappa shape index (κ3) is 4.58. The highest BCUT2D eigenvalue weighted by atomic mass is 35.5. The molecule has 8 nitrogen and oxygen atoms in total. The van der Waals surface area contributed by atoms with E-state index in [9.17, 15) is 23.3 Å². The average Bonchev–Trinajstić information content (AvgIpc) is 2.70. The monoisotopic (exact) mass is 437 g/mol. The number of carbonyl (C=O) groups excluding carboxylic acids is 1. The van der Waals surface area contributed by atoms with Gasteiger partial charge in [-0.1, -0.05) is 24.1 Å². The van der Waals surface area contributed by atoms with E-state index in [0.29, 0.717) is 24.3 Å². The van der Waals surface area contributed by atoms with Gasteiger partial charge >= 0.3 is 0 Å². The van der Waals surface area contributed by atoms with Crippen molar-refractivity contribution in [2.75, 3.05) is 18.4 Å². The molecule has 1 fully saturated rings. The van der Waals surface area contributed by atoms with Crippen molar-refractivity contribution in [3.63, 3.8) is 0 Å². The molecule has 1 N–H and O–H groups in total. The molecule has 1 saturated heterocycles. The predicted molar refractivity (Wildman–Crippen MR) is 110 cm³/mol. The van der Waals surface area contributed by atoms with Gasteiger partial charge in [-0.2, -0.15) is 4.31 Å². The Bertz CT molecular complexity index is 1070. The van der Waals surface area contributed by atoms with Crippen LogP contribution >= 0.6 is 11.6 Å². The van der Waals surface area contributed by atoms with E-state index in [1.807, 2.05) is 0 Å². The molecule has 29 heavy (non-hydrogen) atoms. The Balaban J connectivity index is 1.90. The zero-order valence-electron chi connectivity index (χ0n) is 15.7. The number of piperidine rings is 1. The number of nitrogens with zero attached hydrogens (tertiary/aromatic N) is 2. The first-order valence-corrected chi connectivity index (χ1v) is 10.9. The highest BCUT2D eigenvalue weighted by molar-refractivity contribution is 7.89. The fraction of sp³-hybridized carbons (Fsp3) is 0.316. The maximum absolute atomic E-state index is 12.9. The molecule has 3 rings (SSSR count). The number of carbonyl (C=O) groups is 1. The normalized spacial score (nSPS) is 15.1. The number of nitro benzene ring substituents is 1. The number of nitrogens with one attached hydrogen (secondary N) is 1. The third-order valence-corrected chi connectivity index (χ3v) is 7.04. The van der Waals surface area contributed by atoms with Gasteiger partial charge < -0.3 is 5.32 Å². The SMILES string of the molecule is Cc1ccc(S(=O)(=O)N2CCCCC2)cc1NC(=O)c1cc([N+](=O)[O-])ccc1Cl. The molecule has 0 aliphatic carbocycles. The summed E-state index contributed by atoms with van der Waals surface area (Å²) in [5.74, 6) is -0.658. The Labute approximate surface area is 173 Å². The molecule has 154 valence electrons. The van der Waals surface area contributed by atoms with Crippen molar-refractivity contribution >= 4 is 38.9 Å². The number of hydrogen-bond acceptors (Lipinski definition) is 5. The molecule has 1 heterocycles. The Kier molecular flexibility index (Phi) is 6.21. The van der Waals surface area contributed by atoms with Crippen LogP contribution in [0.3, 0.4) is 0 Å². The van der Waals surface area contributed by atoms with Crippen LogP contribution in [0.1, 0.15) is 35.2 Å². The lowest BCUT2D eigenvalue weighted by Crippen LogP contribution is -2.35. The van der Waals surface area contributed by atoms with Gasteiger partial charge in [0.2, 0.25) is 10.0 Å². The largest absolute Gasteiger partial charge is 0.322 e. The fourth-order valence-electron chi connectivity index (χ4n) is 3.14. The summed E-state index contributed by atoms with van der Waals surface area (Å²) in [5.41, 5.74) is 0.621. The molecule has 0 aromatic heterocycles. The van der Waals surface area contributed by atoms with Crippen molar-refractivity contribution in [1.82, 2.24) is 4.31 Å². The van der Waals surface area contributed by atoms with Gasteiger partial charge in [-0.05, 0) is 43.5 Å². The summed E-state index contributed by atoms with van der Waals surface area (Å²) < 4.78 is 27.2. The topological polar surface area (TPSA) is 110 Å². The number of non-ortho nitro benzene ring substituents is 1. The first-order valence-electron chi connectivity index (χ1n) is 9.06. The Morgan fingerprint density at radius 2 is 1.83 bits per heavy atom. The van der Waals surface area contributed by atoms with Crippen LogP contribution in [0.2, 0.25) is 5.02 Å². The van der Waals surface area contributed by atoms with Gasteiger partial charge in [0.15, 0.2) is 0 Å². The van der Waals surface area contributed by atoms with Gasteiger partial charge in [0.25, 0.3) is 11.6 Å². The van der Waals surface area contributed by atoms with E-state index in [2.05, 4.69) is 5.32 Å². The molecule has 0 bridgehead atoms. The van der Waals surface area contributed by atoms with Gasteiger partial charge in [0.05, 0.1) is 20.4 Å². The number of halogens is 1. The van der Waals surface area contributed by atoms with Crippen LogP contribution in [-0.2, 0) is 10.0 Å². The number of rotatable bonds is 5. The van der Waals surface area contributed by atoms with Crippen molar-refractivity contribution in [3.8, 4) is 0 Å². The minimum atomic E-state index is -3.66. The van der Waals surface area contributed by atoms with Gasteiger partial charge in [0, 0.05) is 30.9 Å². The molecule has 0 radical (unpaired) electrons. The quantitative estimate of drug-likeness (QED) is 0.561. The summed E-state index contributed by atoms with van der Waals surface area (Å²) in [6.45, 7) is 2.67. The third-order valence-electron chi connectivity index (χ3n) is 4.82. The molecule has 0 atom stereocenters. The van der Waals surface area contributed by atoms with Crippen LogP contribution in [0.25, 0.3) is 0 Å². The molecule has 0 saturated carbocycles. The van der Waals surface area contributed by atoms with Gasteiger partial charge in [-0.3, -0.25) is 14.9 Å². The molecular formula is C19H20ClN3O5S. The van der Waals surface area contributed by atoms with Crippen molar-refractivity contribution < 1.29 is 18.1 Å². The van der Waals surface area contributed by atoms with Gasteiger partial charge in [-0.15, -0.1) is 0 Å². The van der Waals surface area contributed by atoms with E-state index in [1.54, 1.807) is 13.0 Å². The summed E-state index contributed by atoms with van der Waals surface area (Å²) >= 11 is 6.02. The summed E-state index contributed by atoms with van der Waals surface area (Å²) in [5, 5.41) is 13.6. The number of benzene rings is 2. The molecule has 1 aliphatic heterocycles. The molecule has 0 unspecified atom stereocenters. The van der Waals surface area contributed by atoms with Crippen molar-refractivity contribution in [1.29, 1.82) is 0 Å². The van der Waals surface area contributed by atoms with Crippen LogP contribution in [0, 0.1) is 17.0 Å². The lowest BCUT2D eigenvalue weighted by molar-refractivity contribution is -0.384.